The third-order valence-electron chi connectivity index (χ3n) is 3.43. The van der Waals surface area contributed by atoms with E-state index in [1.807, 2.05) is 0 Å². The zero-order valence-corrected chi connectivity index (χ0v) is 10.2. The first-order valence-electron chi connectivity index (χ1n) is 5.48. The quantitative estimate of drug-likeness (QED) is 0.684. The Morgan fingerprint density at radius 2 is 2.27 bits per heavy atom. The molecule has 0 amide bonds. The van der Waals surface area contributed by atoms with Gasteiger partial charge < -0.3 is 10.1 Å². The van der Waals surface area contributed by atoms with Crippen molar-refractivity contribution < 1.29 is 9.53 Å². The minimum absolute atomic E-state index is 0.133. The van der Waals surface area contributed by atoms with Crippen LogP contribution in [-0.2, 0) is 9.53 Å². The SMILES string of the molecule is COC(=O)CC1CNCCC(C)(C)N1C. The van der Waals surface area contributed by atoms with Gasteiger partial charge in [0.1, 0.15) is 0 Å². The van der Waals surface area contributed by atoms with Crippen LogP contribution in [0.4, 0.5) is 0 Å². The third-order valence-corrected chi connectivity index (χ3v) is 3.43. The van der Waals surface area contributed by atoms with Crippen molar-refractivity contribution in [2.24, 2.45) is 0 Å². The molecule has 0 aromatic carbocycles. The normalized spacial score (nSPS) is 27.1. The lowest BCUT2D eigenvalue weighted by molar-refractivity contribution is -0.142. The zero-order chi connectivity index (χ0) is 11.5. The van der Waals surface area contributed by atoms with Crippen molar-refractivity contribution >= 4 is 5.97 Å². The summed E-state index contributed by atoms with van der Waals surface area (Å²) in [7, 11) is 3.53. The molecule has 4 heteroatoms. The predicted octanol–water partition coefficient (Wildman–Crippen LogP) is 0.622. The van der Waals surface area contributed by atoms with Crippen LogP contribution in [0.3, 0.4) is 0 Å². The molecule has 0 aromatic heterocycles. The van der Waals surface area contributed by atoms with Gasteiger partial charge in [-0.1, -0.05) is 0 Å². The Balaban J connectivity index is 2.65. The van der Waals surface area contributed by atoms with Crippen molar-refractivity contribution in [2.45, 2.75) is 38.3 Å². The van der Waals surface area contributed by atoms with Gasteiger partial charge in [0, 0.05) is 18.1 Å². The Bertz CT molecular complexity index is 229. The van der Waals surface area contributed by atoms with E-state index in [0.717, 1.165) is 19.5 Å². The van der Waals surface area contributed by atoms with Crippen LogP contribution in [0.2, 0.25) is 0 Å². The Kier molecular flexibility index (Phi) is 4.11. The van der Waals surface area contributed by atoms with E-state index in [9.17, 15) is 4.79 Å². The van der Waals surface area contributed by atoms with Gasteiger partial charge in [0.15, 0.2) is 0 Å². The van der Waals surface area contributed by atoms with E-state index in [-0.39, 0.29) is 17.6 Å². The zero-order valence-electron chi connectivity index (χ0n) is 10.2. The van der Waals surface area contributed by atoms with Crippen LogP contribution >= 0.6 is 0 Å². The fourth-order valence-corrected chi connectivity index (χ4v) is 1.96. The highest BCUT2D eigenvalue weighted by Gasteiger charge is 2.32. The number of nitrogens with one attached hydrogen (secondary N) is 1. The summed E-state index contributed by atoms with van der Waals surface area (Å²) in [5.74, 6) is -0.133. The Hall–Kier alpha value is -0.610. The third kappa shape index (κ3) is 3.18. The van der Waals surface area contributed by atoms with Crippen LogP contribution in [0.5, 0.6) is 0 Å². The van der Waals surface area contributed by atoms with Crippen molar-refractivity contribution in [1.82, 2.24) is 10.2 Å². The van der Waals surface area contributed by atoms with Crippen LogP contribution in [-0.4, -0.2) is 49.7 Å². The van der Waals surface area contributed by atoms with Gasteiger partial charge in [0.05, 0.1) is 13.5 Å². The summed E-state index contributed by atoms with van der Waals surface area (Å²) in [6, 6.07) is 0.231. The molecule has 0 aromatic rings. The molecule has 1 heterocycles. The lowest BCUT2D eigenvalue weighted by atomic mass is 9.97. The second kappa shape index (κ2) is 4.94. The lowest BCUT2D eigenvalue weighted by Gasteiger charge is -2.38. The van der Waals surface area contributed by atoms with E-state index in [1.54, 1.807) is 0 Å². The highest BCUT2D eigenvalue weighted by atomic mass is 16.5. The molecule has 1 rings (SSSR count). The van der Waals surface area contributed by atoms with E-state index in [2.05, 4.69) is 31.1 Å². The van der Waals surface area contributed by atoms with Gasteiger partial charge in [0.2, 0.25) is 0 Å². The number of carbonyl (C=O) groups is 1. The van der Waals surface area contributed by atoms with Crippen LogP contribution in [0.25, 0.3) is 0 Å². The number of methoxy groups -OCH3 is 1. The maximum Gasteiger partial charge on any atom is 0.307 e. The van der Waals surface area contributed by atoms with Gasteiger partial charge in [-0.2, -0.15) is 0 Å². The molecule has 0 bridgehead atoms. The monoisotopic (exact) mass is 214 g/mol. The van der Waals surface area contributed by atoms with Crippen molar-refractivity contribution in [1.29, 1.82) is 0 Å². The number of rotatable bonds is 2. The van der Waals surface area contributed by atoms with Crippen LogP contribution < -0.4 is 5.32 Å². The predicted molar refractivity (Wildman–Crippen MR) is 59.7 cm³/mol. The Morgan fingerprint density at radius 3 is 2.87 bits per heavy atom. The minimum Gasteiger partial charge on any atom is -0.469 e. The first kappa shape index (κ1) is 12.5. The summed E-state index contributed by atoms with van der Waals surface area (Å²) < 4.78 is 4.72. The average molecular weight is 214 g/mol. The molecule has 0 spiro atoms. The topological polar surface area (TPSA) is 41.6 Å². The standard InChI is InChI=1S/C11H22N2O2/c1-11(2)5-6-12-8-9(13(11)3)7-10(14)15-4/h9,12H,5-8H2,1-4H3. The summed E-state index contributed by atoms with van der Waals surface area (Å²) in [6.45, 7) is 6.29. The molecule has 15 heavy (non-hydrogen) atoms. The molecule has 1 saturated heterocycles. The summed E-state index contributed by atoms with van der Waals surface area (Å²) in [5.41, 5.74) is 0.141. The number of nitrogens with zero attached hydrogens (tertiary/aromatic N) is 1. The van der Waals surface area contributed by atoms with Crippen molar-refractivity contribution in [3.8, 4) is 0 Å². The highest BCUT2D eigenvalue weighted by molar-refractivity contribution is 5.70. The summed E-state index contributed by atoms with van der Waals surface area (Å²) in [4.78, 5) is 13.6. The number of hydrogen-bond acceptors (Lipinski definition) is 4. The highest BCUT2D eigenvalue weighted by Crippen LogP contribution is 2.22. The second-order valence-corrected chi connectivity index (χ2v) is 4.81. The molecule has 1 aliphatic rings. The van der Waals surface area contributed by atoms with Gasteiger partial charge >= 0.3 is 5.97 Å². The molecule has 1 aliphatic heterocycles. The summed E-state index contributed by atoms with van der Waals surface area (Å²) in [6.07, 6.45) is 1.56. The lowest BCUT2D eigenvalue weighted by Crippen LogP contribution is -2.48. The summed E-state index contributed by atoms with van der Waals surface area (Å²) in [5, 5.41) is 3.36. The number of hydrogen-bond donors (Lipinski definition) is 1. The van der Waals surface area contributed by atoms with Crippen molar-refractivity contribution in [3.05, 3.63) is 0 Å². The molecule has 88 valence electrons. The molecule has 0 saturated carbocycles. The fourth-order valence-electron chi connectivity index (χ4n) is 1.96. The van der Waals surface area contributed by atoms with Crippen molar-refractivity contribution in [2.75, 3.05) is 27.2 Å². The van der Waals surface area contributed by atoms with E-state index < -0.39 is 0 Å². The van der Waals surface area contributed by atoms with Crippen LogP contribution in [0, 0.1) is 0 Å². The molecule has 1 atom stereocenters. The number of likely N-dealkylation sites (N-methyl/N-ethyl adjacent to an activating group) is 1. The number of esters is 1. The smallest absolute Gasteiger partial charge is 0.307 e. The molecular formula is C11H22N2O2. The maximum atomic E-state index is 11.3. The van der Waals surface area contributed by atoms with Gasteiger partial charge in [-0.25, -0.2) is 0 Å². The van der Waals surface area contributed by atoms with E-state index in [4.69, 9.17) is 4.74 Å². The molecule has 0 radical (unpaired) electrons. The summed E-state index contributed by atoms with van der Waals surface area (Å²) >= 11 is 0. The minimum atomic E-state index is -0.133. The first-order chi connectivity index (χ1) is 6.97. The molecule has 1 fully saturated rings. The largest absolute Gasteiger partial charge is 0.469 e. The molecular weight excluding hydrogens is 192 g/mol. The van der Waals surface area contributed by atoms with Crippen molar-refractivity contribution in [3.63, 3.8) is 0 Å². The number of ether oxygens (including phenoxy) is 1. The van der Waals surface area contributed by atoms with Crippen LogP contribution in [0.1, 0.15) is 26.7 Å². The Labute approximate surface area is 92.0 Å². The van der Waals surface area contributed by atoms with Gasteiger partial charge in [-0.05, 0) is 33.9 Å². The van der Waals surface area contributed by atoms with E-state index in [1.165, 1.54) is 7.11 Å². The van der Waals surface area contributed by atoms with Gasteiger partial charge in [0.25, 0.3) is 0 Å². The second-order valence-electron chi connectivity index (χ2n) is 4.81. The molecule has 0 aliphatic carbocycles. The fraction of sp³-hybridized carbons (Fsp3) is 0.909. The maximum absolute atomic E-state index is 11.3. The molecule has 1 unspecified atom stereocenters. The Morgan fingerprint density at radius 1 is 1.60 bits per heavy atom. The number of carbonyl (C=O) groups excluding carboxylic acids is 1. The van der Waals surface area contributed by atoms with Gasteiger partial charge in [-0.3, -0.25) is 9.69 Å². The van der Waals surface area contributed by atoms with Gasteiger partial charge in [-0.15, -0.1) is 0 Å². The van der Waals surface area contributed by atoms with E-state index >= 15 is 0 Å². The average Bonchev–Trinajstić information content (AvgIpc) is 2.31. The van der Waals surface area contributed by atoms with Crippen LogP contribution in [0.15, 0.2) is 0 Å². The first-order valence-corrected chi connectivity index (χ1v) is 5.48. The van der Waals surface area contributed by atoms with E-state index in [0.29, 0.717) is 6.42 Å². The molecule has 4 nitrogen and oxygen atoms in total. The molecule has 1 N–H and O–H groups in total.